The van der Waals surface area contributed by atoms with E-state index in [0.717, 1.165) is 43.8 Å². The molecular weight excluding hydrogens is 450 g/mol. The van der Waals surface area contributed by atoms with Gasteiger partial charge in [0.2, 0.25) is 15.9 Å². The summed E-state index contributed by atoms with van der Waals surface area (Å²) in [6.07, 6.45) is 5.01. The molecule has 1 amide bonds. The Morgan fingerprint density at radius 3 is 2.35 bits per heavy atom. The standard InChI is InChI=1S/C26H35N3O4S/c1-4-29(5-2)34(31,32)24-13-10-21(11-14-24)12-15-26(30)27-23-16-18-28(19-17-23)20-22-8-6-7-9-25(22)33-3/h6-15,23H,4-5,16-20H2,1-3H3,(H,27,30). The van der Waals surface area contributed by atoms with Crippen LogP contribution in [0.3, 0.4) is 0 Å². The molecule has 7 nitrogen and oxygen atoms in total. The van der Waals surface area contributed by atoms with Crippen LogP contribution >= 0.6 is 0 Å². The predicted octanol–water partition coefficient (Wildman–Crippen LogP) is 3.52. The molecule has 1 aliphatic rings. The molecule has 184 valence electrons. The number of nitrogens with one attached hydrogen (secondary N) is 1. The van der Waals surface area contributed by atoms with Crippen LogP contribution in [-0.4, -0.2) is 62.9 Å². The van der Waals surface area contributed by atoms with Gasteiger partial charge < -0.3 is 10.1 Å². The van der Waals surface area contributed by atoms with Gasteiger partial charge in [-0.2, -0.15) is 4.31 Å². The van der Waals surface area contributed by atoms with Gasteiger partial charge in [0.1, 0.15) is 5.75 Å². The fraction of sp³-hybridized carbons (Fsp3) is 0.423. The highest BCUT2D eigenvalue weighted by Crippen LogP contribution is 2.21. The van der Waals surface area contributed by atoms with Crippen molar-refractivity contribution in [1.29, 1.82) is 0 Å². The zero-order chi connectivity index (χ0) is 24.6. The smallest absolute Gasteiger partial charge is 0.244 e. The van der Waals surface area contributed by atoms with Crippen LogP contribution in [-0.2, 0) is 21.4 Å². The number of nitrogens with zero attached hydrogens (tertiary/aromatic N) is 2. The van der Waals surface area contributed by atoms with Crippen molar-refractivity contribution in [1.82, 2.24) is 14.5 Å². The van der Waals surface area contributed by atoms with Crippen LogP contribution in [0.5, 0.6) is 5.75 Å². The van der Waals surface area contributed by atoms with Gasteiger partial charge in [0.25, 0.3) is 0 Å². The highest BCUT2D eigenvalue weighted by atomic mass is 32.2. The summed E-state index contributed by atoms with van der Waals surface area (Å²) < 4.78 is 32.0. The Labute approximate surface area is 203 Å². The van der Waals surface area contributed by atoms with E-state index in [1.165, 1.54) is 15.9 Å². The van der Waals surface area contributed by atoms with Crippen LogP contribution < -0.4 is 10.1 Å². The molecule has 8 heteroatoms. The van der Waals surface area contributed by atoms with Gasteiger partial charge in [-0.05, 0) is 42.7 Å². The molecule has 2 aromatic rings. The number of carbonyl (C=O) groups excluding carboxylic acids is 1. The lowest BCUT2D eigenvalue weighted by Crippen LogP contribution is -2.43. The number of carbonyl (C=O) groups is 1. The molecule has 0 bridgehead atoms. The maximum atomic E-state index is 12.6. The molecule has 0 saturated carbocycles. The summed E-state index contributed by atoms with van der Waals surface area (Å²) in [7, 11) is -1.79. The van der Waals surface area contributed by atoms with Gasteiger partial charge in [-0.15, -0.1) is 0 Å². The van der Waals surface area contributed by atoms with Gasteiger partial charge in [0, 0.05) is 50.4 Å². The number of ether oxygens (including phenoxy) is 1. The van der Waals surface area contributed by atoms with Gasteiger partial charge >= 0.3 is 0 Å². The molecule has 0 aromatic heterocycles. The van der Waals surface area contributed by atoms with E-state index < -0.39 is 10.0 Å². The highest BCUT2D eigenvalue weighted by molar-refractivity contribution is 7.89. The second kappa shape index (κ2) is 12.1. The first-order valence-corrected chi connectivity index (χ1v) is 13.2. The van der Waals surface area contributed by atoms with Crippen molar-refractivity contribution in [2.75, 3.05) is 33.3 Å². The van der Waals surface area contributed by atoms with Crippen molar-refractivity contribution in [3.63, 3.8) is 0 Å². The Bertz CT molecular complexity index is 1070. The van der Waals surface area contributed by atoms with Gasteiger partial charge in [-0.3, -0.25) is 9.69 Å². The number of amides is 1. The number of sulfonamides is 1. The van der Waals surface area contributed by atoms with E-state index in [4.69, 9.17) is 4.74 Å². The Kier molecular flexibility index (Phi) is 9.27. The first kappa shape index (κ1) is 25.9. The maximum Gasteiger partial charge on any atom is 0.244 e. The minimum Gasteiger partial charge on any atom is -0.496 e. The molecule has 0 unspecified atom stereocenters. The highest BCUT2D eigenvalue weighted by Gasteiger charge is 2.22. The van der Waals surface area contributed by atoms with Crippen LogP contribution in [0, 0.1) is 0 Å². The average Bonchev–Trinajstić information content (AvgIpc) is 2.85. The number of rotatable bonds is 10. The Balaban J connectivity index is 1.48. The molecule has 3 rings (SSSR count). The van der Waals surface area contributed by atoms with E-state index in [1.807, 2.05) is 32.0 Å². The van der Waals surface area contributed by atoms with Crippen molar-refractivity contribution in [3.05, 3.63) is 65.7 Å². The number of hydrogen-bond donors (Lipinski definition) is 1. The quantitative estimate of drug-likeness (QED) is 0.521. The molecule has 0 atom stereocenters. The normalized spacial score (nSPS) is 15.6. The summed E-state index contributed by atoms with van der Waals surface area (Å²) in [5.74, 6) is 0.768. The van der Waals surface area contributed by atoms with Gasteiger partial charge in [0.05, 0.1) is 12.0 Å². The molecule has 1 saturated heterocycles. The van der Waals surface area contributed by atoms with Crippen molar-refractivity contribution >= 4 is 22.0 Å². The lowest BCUT2D eigenvalue weighted by molar-refractivity contribution is -0.117. The van der Waals surface area contributed by atoms with E-state index in [0.29, 0.717) is 13.1 Å². The molecule has 1 fully saturated rings. The number of likely N-dealkylation sites (tertiary alicyclic amines) is 1. The monoisotopic (exact) mass is 485 g/mol. The Hall–Kier alpha value is -2.68. The van der Waals surface area contributed by atoms with E-state index in [2.05, 4.69) is 16.3 Å². The minimum atomic E-state index is -3.48. The zero-order valence-electron chi connectivity index (χ0n) is 20.2. The fourth-order valence-corrected chi connectivity index (χ4v) is 5.65. The first-order chi connectivity index (χ1) is 16.4. The summed E-state index contributed by atoms with van der Waals surface area (Å²) in [4.78, 5) is 15.0. The molecule has 1 heterocycles. The largest absolute Gasteiger partial charge is 0.496 e. The van der Waals surface area contributed by atoms with Gasteiger partial charge in [0.15, 0.2) is 0 Å². The van der Waals surface area contributed by atoms with E-state index >= 15 is 0 Å². The van der Waals surface area contributed by atoms with Crippen molar-refractivity contribution in [2.45, 2.75) is 44.2 Å². The van der Waals surface area contributed by atoms with Crippen molar-refractivity contribution < 1.29 is 17.9 Å². The third-order valence-corrected chi connectivity index (χ3v) is 8.24. The van der Waals surface area contributed by atoms with E-state index in [9.17, 15) is 13.2 Å². The number of methoxy groups -OCH3 is 1. The van der Waals surface area contributed by atoms with Crippen molar-refractivity contribution in [3.8, 4) is 5.75 Å². The topological polar surface area (TPSA) is 79.0 Å². The molecule has 2 aromatic carbocycles. The molecule has 1 N–H and O–H groups in total. The van der Waals surface area contributed by atoms with Gasteiger partial charge in [-0.1, -0.05) is 44.2 Å². The number of para-hydroxylation sites is 1. The lowest BCUT2D eigenvalue weighted by Gasteiger charge is -2.32. The second-order valence-corrected chi connectivity index (χ2v) is 10.3. The average molecular weight is 486 g/mol. The van der Waals surface area contributed by atoms with Crippen LogP contribution in [0.25, 0.3) is 6.08 Å². The molecule has 0 spiro atoms. The van der Waals surface area contributed by atoms with Crippen molar-refractivity contribution in [2.24, 2.45) is 0 Å². The lowest BCUT2D eigenvalue weighted by atomic mass is 10.0. The summed E-state index contributed by atoms with van der Waals surface area (Å²) in [6.45, 7) is 7.16. The van der Waals surface area contributed by atoms with E-state index in [-0.39, 0.29) is 16.8 Å². The molecular formula is C26H35N3O4S. The number of benzene rings is 2. The molecule has 0 radical (unpaired) electrons. The summed E-state index contributed by atoms with van der Waals surface area (Å²) in [5, 5.41) is 3.08. The summed E-state index contributed by atoms with van der Waals surface area (Å²) in [6, 6.07) is 14.8. The predicted molar refractivity (Wildman–Crippen MR) is 135 cm³/mol. The number of hydrogen-bond acceptors (Lipinski definition) is 5. The fourth-order valence-electron chi connectivity index (χ4n) is 4.19. The SMILES string of the molecule is CCN(CC)S(=O)(=O)c1ccc(C=CC(=O)NC2CCN(Cc3ccccc3OC)CC2)cc1. The van der Waals surface area contributed by atoms with Gasteiger partial charge in [-0.25, -0.2) is 8.42 Å². The Morgan fingerprint density at radius 2 is 1.74 bits per heavy atom. The maximum absolute atomic E-state index is 12.6. The summed E-state index contributed by atoms with van der Waals surface area (Å²) >= 11 is 0. The second-order valence-electron chi connectivity index (χ2n) is 8.36. The van der Waals surface area contributed by atoms with Crippen LogP contribution in [0.2, 0.25) is 0 Å². The third kappa shape index (κ3) is 6.68. The van der Waals surface area contributed by atoms with E-state index in [1.54, 1.807) is 37.5 Å². The first-order valence-electron chi connectivity index (χ1n) is 11.8. The number of piperidine rings is 1. The molecule has 34 heavy (non-hydrogen) atoms. The molecule has 0 aliphatic carbocycles. The van der Waals surface area contributed by atoms with Crippen LogP contribution in [0.15, 0.2) is 59.5 Å². The molecule has 1 aliphatic heterocycles. The minimum absolute atomic E-state index is 0.136. The van der Waals surface area contributed by atoms with Crippen LogP contribution in [0.1, 0.15) is 37.8 Å². The zero-order valence-corrected chi connectivity index (χ0v) is 21.1. The Morgan fingerprint density at radius 1 is 1.09 bits per heavy atom. The van der Waals surface area contributed by atoms with Crippen LogP contribution in [0.4, 0.5) is 0 Å². The third-order valence-electron chi connectivity index (χ3n) is 6.17. The summed E-state index contributed by atoms with van der Waals surface area (Å²) in [5.41, 5.74) is 1.95.